The molecule has 0 atom stereocenters. The Labute approximate surface area is 158 Å². The molecule has 0 aliphatic carbocycles. The van der Waals surface area contributed by atoms with Crippen molar-refractivity contribution in [3.8, 4) is 23.0 Å². The van der Waals surface area contributed by atoms with Gasteiger partial charge in [-0.3, -0.25) is 0 Å². The Balaban J connectivity index is 0.00000242. The van der Waals surface area contributed by atoms with Crippen molar-refractivity contribution in [3.63, 3.8) is 0 Å². The summed E-state index contributed by atoms with van der Waals surface area (Å²) in [7, 11) is 1.23. The molecule has 2 rings (SSSR count). The van der Waals surface area contributed by atoms with Gasteiger partial charge in [-0.15, -0.1) is 0 Å². The molecule has 0 unspecified atom stereocenters. The van der Waals surface area contributed by atoms with Crippen LogP contribution in [0, 0.1) is 0 Å². The van der Waals surface area contributed by atoms with E-state index in [1.165, 1.54) is 13.2 Å². The van der Waals surface area contributed by atoms with Gasteiger partial charge < -0.3 is 19.3 Å². The van der Waals surface area contributed by atoms with Crippen LogP contribution < -0.4 is 9.47 Å². The minimum atomic E-state index is -0.799. The van der Waals surface area contributed by atoms with Crippen LogP contribution in [0.2, 0.25) is 0 Å². The number of carbonyl (C=O) groups is 1. The minimum absolute atomic E-state index is 0. The van der Waals surface area contributed by atoms with Crippen molar-refractivity contribution in [2.24, 2.45) is 0 Å². The molecule has 0 aliphatic rings. The fourth-order valence-electron chi connectivity index (χ4n) is 1.45. The molecule has 2 aromatic carbocycles. The molecule has 5 nitrogen and oxygen atoms in total. The van der Waals surface area contributed by atoms with Crippen molar-refractivity contribution < 1.29 is 45.2 Å². The van der Waals surface area contributed by atoms with Crippen LogP contribution in [0.25, 0.3) is 0 Å². The van der Waals surface area contributed by atoms with E-state index in [1.54, 1.807) is 30.3 Å². The van der Waals surface area contributed by atoms with Crippen LogP contribution in [0.1, 0.15) is 0 Å². The SMILES string of the molecule is COC(=O)Oc1ccc(Oc2ccc(O)c(Br)c2)cc1Br.[W]. The standard InChI is InChI=1S/C14H10Br2O5.W/c1-19-14(18)21-13-5-3-9(7-11(13)16)20-8-2-4-12(17)10(15)6-8;/h2-7,17H,1H3;. The molecule has 0 bridgehead atoms. The van der Waals surface area contributed by atoms with Crippen LogP contribution in [0.5, 0.6) is 23.0 Å². The number of methoxy groups -OCH3 is 1. The van der Waals surface area contributed by atoms with E-state index >= 15 is 0 Å². The van der Waals surface area contributed by atoms with Crippen LogP contribution in [-0.2, 0) is 25.8 Å². The average Bonchev–Trinajstić information content (AvgIpc) is 2.45. The predicted molar refractivity (Wildman–Crippen MR) is 83.1 cm³/mol. The fourth-order valence-corrected chi connectivity index (χ4v) is 2.24. The van der Waals surface area contributed by atoms with E-state index in [0.29, 0.717) is 26.2 Å². The van der Waals surface area contributed by atoms with Crippen molar-refractivity contribution in [2.75, 3.05) is 7.11 Å². The molecule has 0 heterocycles. The van der Waals surface area contributed by atoms with E-state index in [-0.39, 0.29) is 26.8 Å². The van der Waals surface area contributed by atoms with E-state index in [0.717, 1.165) is 0 Å². The molecule has 0 radical (unpaired) electrons. The maximum absolute atomic E-state index is 11.1. The smallest absolute Gasteiger partial charge is 0.507 e. The Morgan fingerprint density at radius 3 is 2.18 bits per heavy atom. The summed E-state index contributed by atoms with van der Waals surface area (Å²) in [5.41, 5.74) is 0. The van der Waals surface area contributed by atoms with E-state index in [1.807, 2.05) is 0 Å². The Bertz CT molecular complexity index is 678. The molecule has 0 aliphatic heterocycles. The van der Waals surface area contributed by atoms with Gasteiger partial charge in [-0.05, 0) is 68.3 Å². The maximum atomic E-state index is 11.1. The molecule has 0 saturated carbocycles. The molecule has 0 aromatic heterocycles. The summed E-state index contributed by atoms with van der Waals surface area (Å²) in [4.78, 5) is 11.1. The zero-order chi connectivity index (χ0) is 15.4. The number of hydrogen-bond donors (Lipinski definition) is 1. The molecule has 8 heteroatoms. The fraction of sp³-hybridized carbons (Fsp3) is 0.0714. The van der Waals surface area contributed by atoms with Gasteiger partial charge in [0.2, 0.25) is 0 Å². The number of hydrogen-bond acceptors (Lipinski definition) is 5. The van der Waals surface area contributed by atoms with Gasteiger partial charge in [-0.2, -0.15) is 0 Å². The molecular formula is C14H10Br2O5W. The summed E-state index contributed by atoms with van der Waals surface area (Å²) >= 11 is 6.49. The van der Waals surface area contributed by atoms with Gasteiger partial charge >= 0.3 is 6.16 Å². The molecule has 0 spiro atoms. The van der Waals surface area contributed by atoms with E-state index < -0.39 is 6.16 Å². The van der Waals surface area contributed by atoms with Gasteiger partial charge in [0.05, 0.1) is 16.1 Å². The van der Waals surface area contributed by atoms with Crippen LogP contribution in [0.3, 0.4) is 0 Å². The minimum Gasteiger partial charge on any atom is -0.507 e. The van der Waals surface area contributed by atoms with Crippen LogP contribution >= 0.6 is 31.9 Å². The number of rotatable bonds is 3. The van der Waals surface area contributed by atoms with Gasteiger partial charge in [0.25, 0.3) is 0 Å². The number of carbonyl (C=O) groups excluding carboxylic acids is 1. The Morgan fingerprint density at radius 1 is 1.05 bits per heavy atom. The number of phenols is 1. The molecular weight excluding hydrogens is 592 g/mol. The first-order valence-corrected chi connectivity index (χ1v) is 7.30. The molecule has 1 N–H and O–H groups in total. The molecule has 0 amide bonds. The summed E-state index contributed by atoms with van der Waals surface area (Å²) in [5, 5.41) is 9.43. The second-order valence-corrected chi connectivity index (χ2v) is 5.57. The predicted octanol–water partition coefficient (Wildman–Crippen LogP) is 4.85. The molecule has 22 heavy (non-hydrogen) atoms. The van der Waals surface area contributed by atoms with Crippen molar-refractivity contribution in [1.29, 1.82) is 0 Å². The average molecular weight is 602 g/mol. The van der Waals surface area contributed by atoms with Gasteiger partial charge in [0, 0.05) is 21.1 Å². The number of benzene rings is 2. The number of aromatic hydroxyl groups is 1. The van der Waals surface area contributed by atoms with Crippen molar-refractivity contribution >= 4 is 38.0 Å². The molecule has 0 fully saturated rings. The third-order valence-corrected chi connectivity index (χ3v) is 3.67. The van der Waals surface area contributed by atoms with Crippen LogP contribution in [0.15, 0.2) is 45.3 Å². The second-order valence-electron chi connectivity index (χ2n) is 3.86. The summed E-state index contributed by atoms with van der Waals surface area (Å²) in [6.45, 7) is 0. The first-order valence-electron chi connectivity index (χ1n) is 5.71. The van der Waals surface area contributed by atoms with Gasteiger partial charge in [-0.25, -0.2) is 4.79 Å². The zero-order valence-corrected chi connectivity index (χ0v) is 17.3. The molecule has 116 valence electrons. The second kappa shape index (κ2) is 8.55. The Hall–Kier alpha value is -1.04. The van der Waals surface area contributed by atoms with Gasteiger partial charge in [0.1, 0.15) is 23.0 Å². The first-order chi connectivity index (χ1) is 9.99. The van der Waals surface area contributed by atoms with E-state index in [4.69, 9.17) is 9.47 Å². The van der Waals surface area contributed by atoms with Crippen LogP contribution in [0.4, 0.5) is 4.79 Å². The van der Waals surface area contributed by atoms with Crippen molar-refractivity contribution in [3.05, 3.63) is 45.3 Å². The quantitative estimate of drug-likeness (QED) is 0.403. The van der Waals surface area contributed by atoms with Gasteiger partial charge in [0.15, 0.2) is 0 Å². The summed E-state index contributed by atoms with van der Waals surface area (Å²) in [6.07, 6.45) is -0.799. The van der Waals surface area contributed by atoms with E-state index in [9.17, 15) is 9.90 Å². The maximum Gasteiger partial charge on any atom is 0.513 e. The number of phenolic OH excluding ortho intramolecular Hbond substituents is 1. The summed E-state index contributed by atoms with van der Waals surface area (Å²) in [6, 6.07) is 9.66. The molecule has 2 aromatic rings. The Morgan fingerprint density at radius 2 is 1.64 bits per heavy atom. The summed E-state index contributed by atoms with van der Waals surface area (Å²) in [5.74, 6) is 1.54. The molecule has 0 saturated heterocycles. The normalized spacial score (nSPS) is 9.59. The largest absolute Gasteiger partial charge is 0.513 e. The Kier molecular flexibility index (Phi) is 7.39. The topological polar surface area (TPSA) is 65.0 Å². The third-order valence-electron chi connectivity index (χ3n) is 2.42. The number of ether oxygens (including phenoxy) is 3. The van der Waals surface area contributed by atoms with Gasteiger partial charge in [-0.1, -0.05) is 0 Å². The third kappa shape index (κ3) is 5.00. The number of halogens is 2. The van der Waals surface area contributed by atoms with Crippen LogP contribution in [-0.4, -0.2) is 18.4 Å². The monoisotopic (exact) mass is 600 g/mol. The van der Waals surface area contributed by atoms with E-state index in [2.05, 4.69) is 36.6 Å². The first kappa shape index (κ1) is 19.0. The summed E-state index contributed by atoms with van der Waals surface area (Å²) < 4.78 is 16.1. The van der Waals surface area contributed by atoms with Crippen molar-refractivity contribution in [2.45, 2.75) is 0 Å². The van der Waals surface area contributed by atoms with Crippen molar-refractivity contribution in [1.82, 2.24) is 0 Å². The zero-order valence-electron chi connectivity index (χ0n) is 11.2.